The molecule has 1 aromatic carbocycles. The zero-order valence-electron chi connectivity index (χ0n) is 20.8. The number of nitrogens with one attached hydrogen (secondary N) is 1. The number of fused-ring (bicyclic) bond motifs is 3. The quantitative estimate of drug-likeness (QED) is 0.679. The minimum absolute atomic E-state index is 0.0264. The first-order valence-electron chi connectivity index (χ1n) is 12.5. The molecule has 4 fully saturated rings. The molecule has 2 aromatic rings. The topological polar surface area (TPSA) is 89.1 Å². The van der Waals surface area contributed by atoms with Gasteiger partial charge in [0.2, 0.25) is 0 Å². The number of rotatable bonds is 6. The Hall–Kier alpha value is -2.91. The molecule has 1 unspecified atom stereocenters. The van der Waals surface area contributed by atoms with Crippen molar-refractivity contribution in [3.8, 4) is 22.8 Å². The van der Waals surface area contributed by atoms with Gasteiger partial charge in [-0.15, -0.1) is 0 Å². The van der Waals surface area contributed by atoms with Gasteiger partial charge in [0.05, 0.1) is 33.1 Å². The summed E-state index contributed by atoms with van der Waals surface area (Å²) in [6, 6.07) is 8.43. The first-order chi connectivity index (χ1) is 17.1. The van der Waals surface area contributed by atoms with Gasteiger partial charge in [-0.3, -0.25) is 4.90 Å². The van der Waals surface area contributed by atoms with Gasteiger partial charge in [0.15, 0.2) is 11.5 Å². The highest BCUT2D eigenvalue weighted by Gasteiger charge is 2.41. The average molecular weight is 482 g/mol. The molecule has 0 radical (unpaired) electrons. The van der Waals surface area contributed by atoms with Crippen molar-refractivity contribution >= 4 is 6.03 Å². The molecule has 6 rings (SSSR count). The lowest BCUT2D eigenvalue weighted by Gasteiger charge is -2.50. The first kappa shape index (κ1) is 23.8. The van der Waals surface area contributed by atoms with Gasteiger partial charge in [-0.25, -0.2) is 14.8 Å². The van der Waals surface area contributed by atoms with Gasteiger partial charge in [0, 0.05) is 49.4 Å². The molecule has 2 bridgehead atoms. The lowest BCUT2D eigenvalue weighted by molar-refractivity contribution is 0.0274. The van der Waals surface area contributed by atoms with Gasteiger partial charge < -0.3 is 24.4 Å². The maximum Gasteiger partial charge on any atom is 0.317 e. The Morgan fingerprint density at radius 1 is 1.11 bits per heavy atom. The smallest absolute Gasteiger partial charge is 0.317 e. The van der Waals surface area contributed by atoms with Crippen LogP contribution in [0.1, 0.15) is 30.3 Å². The van der Waals surface area contributed by atoms with Crippen molar-refractivity contribution < 1.29 is 19.0 Å². The van der Waals surface area contributed by atoms with Crippen LogP contribution in [-0.4, -0.2) is 92.0 Å². The van der Waals surface area contributed by atoms with E-state index in [0.717, 1.165) is 48.7 Å². The average Bonchev–Trinajstić information content (AvgIpc) is 2.91. The van der Waals surface area contributed by atoms with Crippen LogP contribution >= 0.6 is 0 Å². The van der Waals surface area contributed by atoms with Crippen molar-refractivity contribution in [3.05, 3.63) is 35.8 Å². The molecule has 4 saturated heterocycles. The van der Waals surface area contributed by atoms with Crippen LogP contribution in [0.2, 0.25) is 0 Å². The molecule has 9 nitrogen and oxygen atoms in total. The van der Waals surface area contributed by atoms with Gasteiger partial charge in [-0.1, -0.05) is 0 Å². The van der Waals surface area contributed by atoms with Gasteiger partial charge >= 0.3 is 6.03 Å². The van der Waals surface area contributed by atoms with Gasteiger partial charge in [0.1, 0.15) is 5.82 Å². The van der Waals surface area contributed by atoms with Gasteiger partial charge in [-0.2, -0.15) is 0 Å². The molecule has 5 heterocycles. The lowest BCUT2D eigenvalue weighted by Crippen LogP contribution is -2.57. The van der Waals surface area contributed by atoms with E-state index in [4.69, 9.17) is 24.2 Å². The Labute approximate surface area is 206 Å². The SMILES string of the molecule is COc1ccc(-c2cc([C@H]3CN4CC[C@H]3C[C@@H]4CNC(=O)N3CCOCC3)nc(C)n2)cc1OC. The number of amides is 2. The molecule has 0 spiro atoms. The second-order valence-electron chi connectivity index (χ2n) is 9.62. The third-order valence-corrected chi connectivity index (χ3v) is 7.58. The summed E-state index contributed by atoms with van der Waals surface area (Å²) in [5.74, 6) is 3.09. The standard InChI is InChI=1S/C26H35N5O4/c1-17-28-22(19-4-5-24(33-2)25(13-19)34-3)14-23(29-17)21-16-31-7-6-18(21)12-20(31)15-27-26(32)30-8-10-35-11-9-30/h4-5,13-14,18,20-21H,6-12,15-16H2,1-3H3,(H,27,32)/t18-,20+,21-/m0/s1. The molecule has 2 amide bonds. The number of ether oxygens (including phenoxy) is 3. The van der Waals surface area contributed by atoms with E-state index in [2.05, 4.69) is 16.3 Å². The molecule has 0 saturated carbocycles. The van der Waals surface area contributed by atoms with E-state index in [0.29, 0.717) is 62.2 Å². The van der Waals surface area contributed by atoms with E-state index in [9.17, 15) is 4.79 Å². The fourth-order valence-corrected chi connectivity index (χ4v) is 5.69. The molecule has 0 aliphatic carbocycles. The van der Waals surface area contributed by atoms with Crippen LogP contribution in [0.5, 0.6) is 11.5 Å². The Kier molecular flexibility index (Phi) is 7.06. The van der Waals surface area contributed by atoms with Crippen LogP contribution in [0.15, 0.2) is 24.3 Å². The third-order valence-electron chi connectivity index (χ3n) is 7.58. The minimum atomic E-state index is 0.0264. The third kappa shape index (κ3) is 5.06. The Morgan fingerprint density at radius 3 is 2.63 bits per heavy atom. The maximum atomic E-state index is 12.5. The van der Waals surface area contributed by atoms with E-state index >= 15 is 0 Å². The Balaban J connectivity index is 1.28. The molecular weight excluding hydrogens is 446 g/mol. The maximum absolute atomic E-state index is 12.5. The summed E-state index contributed by atoms with van der Waals surface area (Å²) in [6.45, 7) is 7.27. The predicted molar refractivity (Wildman–Crippen MR) is 132 cm³/mol. The summed E-state index contributed by atoms with van der Waals surface area (Å²) in [7, 11) is 3.28. The summed E-state index contributed by atoms with van der Waals surface area (Å²) >= 11 is 0. The molecular formula is C26H35N5O4. The predicted octanol–water partition coefficient (Wildman–Crippen LogP) is 2.69. The Bertz CT molecular complexity index is 1060. The van der Waals surface area contributed by atoms with Crippen molar-refractivity contribution in [3.63, 3.8) is 0 Å². The second-order valence-corrected chi connectivity index (χ2v) is 9.62. The number of hydrogen-bond acceptors (Lipinski definition) is 7. The number of benzene rings is 1. The van der Waals surface area contributed by atoms with E-state index in [-0.39, 0.29) is 6.03 Å². The van der Waals surface area contributed by atoms with Crippen LogP contribution in [0.3, 0.4) is 0 Å². The summed E-state index contributed by atoms with van der Waals surface area (Å²) in [5.41, 5.74) is 2.99. The monoisotopic (exact) mass is 481 g/mol. The van der Waals surface area contributed by atoms with Crippen LogP contribution in [0.25, 0.3) is 11.3 Å². The minimum Gasteiger partial charge on any atom is -0.493 e. The number of carbonyl (C=O) groups excluding carboxylic acids is 1. The number of piperidine rings is 3. The molecule has 1 aromatic heterocycles. The number of aryl methyl sites for hydroxylation is 1. The number of morpholine rings is 1. The highest BCUT2D eigenvalue weighted by Crippen LogP contribution is 2.42. The first-order valence-corrected chi connectivity index (χ1v) is 12.5. The number of urea groups is 1. The van der Waals surface area contributed by atoms with E-state index in [1.165, 1.54) is 0 Å². The van der Waals surface area contributed by atoms with Crippen molar-refractivity contribution in [2.75, 3.05) is 60.2 Å². The van der Waals surface area contributed by atoms with Crippen LogP contribution in [0, 0.1) is 12.8 Å². The van der Waals surface area contributed by atoms with Crippen LogP contribution < -0.4 is 14.8 Å². The zero-order chi connectivity index (χ0) is 24.4. The molecule has 188 valence electrons. The Morgan fingerprint density at radius 2 is 1.91 bits per heavy atom. The fourth-order valence-electron chi connectivity index (χ4n) is 5.69. The second kappa shape index (κ2) is 10.4. The number of aromatic nitrogens is 2. The van der Waals surface area contributed by atoms with E-state index in [1.54, 1.807) is 14.2 Å². The van der Waals surface area contributed by atoms with E-state index in [1.807, 2.05) is 30.0 Å². The zero-order valence-corrected chi connectivity index (χ0v) is 20.8. The van der Waals surface area contributed by atoms with Crippen molar-refractivity contribution in [2.45, 2.75) is 31.7 Å². The lowest BCUT2D eigenvalue weighted by atomic mass is 9.74. The molecule has 1 N–H and O–H groups in total. The van der Waals surface area contributed by atoms with Crippen molar-refractivity contribution in [2.24, 2.45) is 5.92 Å². The molecule has 4 aliphatic rings. The van der Waals surface area contributed by atoms with Gasteiger partial charge in [-0.05, 0) is 56.5 Å². The summed E-state index contributed by atoms with van der Waals surface area (Å²) in [4.78, 5) is 26.5. The van der Waals surface area contributed by atoms with Crippen molar-refractivity contribution in [1.82, 2.24) is 25.1 Å². The molecule has 4 aliphatic heterocycles. The van der Waals surface area contributed by atoms with E-state index < -0.39 is 0 Å². The highest BCUT2D eigenvalue weighted by atomic mass is 16.5. The summed E-state index contributed by atoms with van der Waals surface area (Å²) in [5, 5.41) is 3.16. The fraction of sp³-hybridized carbons (Fsp3) is 0.577. The highest BCUT2D eigenvalue weighted by molar-refractivity contribution is 5.74. The molecule has 4 atom stereocenters. The number of carbonyl (C=O) groups is 1. The number of hydrogen-bond donors (Lipinski definition) is 1. The number of methoxy groups -OCH3 is 2. The summed E-state index contributed by atoms with van der Waals surface area (Å²) < 4.78 is 16.2. The summed E-state index contributed by atoms with van der Waals surface area (Å²) in [6.07, 6.45) is 2.23. The normalized spacial score (nSPS) is 25.9. The van der Waals surface area contributed by atoms with Gasteiger partial charge in [0.25, 0.3) is 0 Å². The molecule has 9 heteroatoms. The van der Waals surface area contributed by atoms with Crippen LogP contribution in [-0.2, 0) is 4.74 Å². The molecule has 35 heavy (non-hydrogen) atoms. The largest absolute Gasteiger partial charge is 0.493 e. The van der Waals surface area contributed by atoms with Crippen LogP contribution in [0.4, 0.5) is 4.79 Å². The van der Waals surface area contributed by atoms with Crippen molar-refractivity contribution in [1.29, 1.82) is 0 Å². The number of nitrogens with zero attached hydrogens (tertiary/aromatic N) is 4.